The fourth-order valence-corrected chi connectivity index (χ4v) is 5.37. The highest BCUT2D eigenvalue weighted by atomic mass is 32.2. The molecule has 0 aromatic heterocycles. The molecule has 0 atom stereocenters. The highest BCUT2D eigenvalue weighted by molar-refractivity contribution is 7.89. The number of non-ortho nitro benzene ring substituents is 1. The summed E-state index contributed by atoms with van der Waals surface area (Å²) in [5.41, 5.74) is 0.142. The van der Waals surface area contributed by atoms with Crippen LogP contribution in [0.5, 0.6) is 5.75 Å². The molecule has 2 amide bonds. The van der Waals surface area contributed by atoms with E-state index >= 15 is 0 Å². The van der Waals surface area contributed by atoms with Gasteiger partial charge in [-0.3, -0.25) is 24.6 Å². The van der Waals surface area contributed by atoms with Gasteiger partial charge in [0.1, 0.15) is 12.3 Å². The molecular weight excluding hydrogens is 452 g/mol. The lowest BCUT2D eigenvalue weighted by Crippen LogP contribution is -2.43. The van der Waals surface area contributed by atoms with Gasteiger partial charge >= 0.3 is 0 Å². The number of nitro groups is 1. The van der Waals surface area contributed by atoms with Crippen LogP contribution in [0.4, 0.5) is 17.1 Å². The van der Waals surface area contributed by atoms with Crippen molar-refractivity contribution in [3.8, 4) is 5.75 Å². The van der Waals surface area contributed by atoms with Crippen molar-refractivity contribution in [3.63, 3.8) is 0 Å². The number of fused-ring (bicyclic) bond motifs is 1. The van der Waals surface area contributed by atoms with Crippen molar-refractivity contribution in [2.45, 2.75) is 24.2 Å². The van der Waals surface area contributed by atoms with E-state index in [1.165, 1.54) is 40.7 Å². The molecule has 0 saturated carbocycles. The van der Waals surface area contributed by atoms with Crippen LogP contribution in [0.15, 0.2) is 47.4 Å². The largest absolute Gasteiger partial charge is 0.482 e. The molecule has 2 aliphatic heterocycles. The van der Waals surface area contributed by atoms with E-state index in [-0.39, 0.29) is 34.3 Å². The molecule has 4 rings (SSSR count). The molecule has 2 heterocycles. The number of benzene rings is 2. The van der Waals surface area contributed by atoms with Crippen LogP contribution in [-0.2, 0) is 19.6 Å². The number of nitro benzene ring substituents is 1. The summed E-state index contributed by atoms with van der Waals surface area (Å²) in [7, 11) is -3.67. The van der Waals surface area contributed by atoms with E-state index in [0.717, 1.165) is 24.2 Å². The molecule has 0 unspecified atom stereocenters. The zero-order valence-corrected chi connectivity index (χ0v) is 18.4. The molecule has 2 aliphatic rings. The van der Waals surface area contributed by atoms with Gasteiger partial charge in [0.15, 0.2) is 6.61 Å². The van der Waals surface area contributed by atoms with E-state index in [9.17, 15) is 28.1 Å². The number of anilines is 2. The lowest BCUT2D eigenvalue weighted by molar-refractivity contribution is -0.384. The lowest BCUT2D eigenvalue weighted by atomic mass is 10.2. The summed E-state index contributed by atoms with van der Waals surface area (Å²) in [4.78, 5) is 36.7. The Morgan fingerprint density at radius 2 is 1.88 bits per heavy atom. The Hall–Kier alpha value is -3.51. The number of rotatable bonds is 6. The summed E-state index contributed by atoms with van der Waals surface area (Å²) in [6.07, 6.45) is 2.61. The minimum Gasteiger partial charge on any atom is -0.482 e. The van der Waals surface area contributed by atoms with Crippen molar-refractivity contribution in [2.24, 2.45) is 0 Å². The van der Waals surface area contributed by atoms with Crippen molar-refractivity contribution >= 4 is 38.9 Å². The smallest absolute Gasteiger partial charge is 0.271 e. The minimum atomic E-state index is -3.67. The predicted octanol–water partition coefficient (Wildman–Crippen LogP) is 2.13. The van der Waals surface area contributed by atoms with E-state index in [4.69, 9.17) is 4.74 Å². The molecule has 0 bridgehead atoms. The zero-order valence-electron chi connectivity index (χ0n) is 17.6. The fraction of sp³-hybridized carbons (Fsp3) is 0.333. The van der Waals surface area contributed by atoms with Gasteiger partial charge in [0.05, 0.1) is 15.5 Å². The second-order valence-corrected chi connectivity index (χ2v) is 9.66. The zero-order chi connectivity index (χ0) is 23.6. The Labute approximate surface area is 190 Å². The van der Waals surface area contributed by atoms with Crippen LogP contribution in [0.1, 0.15) is 19.3 Å². The second kappa shape index (κ2) is 9.16. The third kappa shape index (κ3) is 4.81. The molecular formula is C21H22N4O7S. The van der Waals surface area contributed by atoms with Crippen LogP contribution in [0.2, 0.25) is 0 Å². The molecule has 2 aromatic rings. The molecule has 0 spiro atoms. The van der Waals surface area contributed by atoms with E-state index < -0.39 is 33.3 Å². The van der Waals surface area contributed by atoms with Gasteiger partial charge in [0.25, 0.3) is 11.6 Å². The SMILES string of the molecule is O=C(CN1C(=O)COc2ccc([N+](=O)[O-])cc21)Nc1cccc(S(=O)(=O)N2CCCCC2)c1. The number of carbonyl (C=O) groups is 2. The molecule has 2 aromatic carbocycles. The van der Waals surface area contributed by atoms with Gasteiger partial charge in [-0.15, -0.1) is 0 Å². The predicted molar refractivity (Wildman–Crippen MR) is 119 cm³/mol. The number of nitrogens with one attached hydrogen (secondary N) is 1. The first-order valence-electron chi connectivity index (χ1n) is 10.4. The summed E-state index contributed by atoms with van der Waals surface area (Å²) in [6.45, 7) is 0.203. The van der Waals surface area contributed by atoms with Crippen molar-refractivity contribution in [1.82, 2.24) is 4.31 Å². The van der Waals surface area contributed by atoms with E-state index in [1.54, 1.807) is 6.07 Å². The topological polar surface area (TPSA) is 139 Å². The van der Waals surface area contributed by atoms with Gasteiger partial charge < -0.3 is 10.1 Å². The summed E-state index contributed by atoms with van der Waals surface area (Å²) in [5.74, 6) is -0.863. The lowest BCUT2D eigenvalue weighted by Gasteiger charge is -2.28. The van der Waals surface area contributed by atoms with Crippen molar-refractivity contribution in [2.75, 3.05) is 36.5 Å². The number of sulfonamides is 1. The van der Waals surface area contributed by atoms with Gasteiger partial charge in [-0.1, -0.05) is 12.5 Å². The Bertz CT molecular complexity index is 1210. The number of amides is 2. The van der Waals surface area contributed by atoms with Gasteiger partial charge in [-0.05, 0) is 37.1 Å². The van der Waals surface area contributed by atoms with E-state index in [1.807, 2.05) is 0 Å². The molecule has 12 heteroatoms. The molecule has 0 aliphatic carbocycles. The van der Waals surface area contributed by atoms with Crippen LogP contribution in [0.25, 0.3) is 0 Å². The van der Waals surface area contributed by atoms with Crippen LogP contribution < -0.4 is 15.0 Å². The number of hydrogen-bond acceptors (Lipinski definition) is 7. The van der Waals surface area contributed by atoms with Crippen molar-refractivity contribution < 1.29 is 27.7 Å². The van der Waals surface area contributed by atoms with Crippen LogP contribution >= 0.6 is 0 Å². The molecule has 174 valence electrons. The number of hydrogen-bond donors (Lipinski definition) is 1. The maximum absolute atomic E-state index is 12.9. The first kappa shape index (κ1) is 22.7. The highest BCUT2D eigenvalue weighted by Gasteiger charge is 2.30. The maximum atomic E-state index is 12.9. The third-order valence-electron chi connectivity index (χ3n) is 5.47. The quantitative estimate of drug-likeness (QED) is 0.500. The second-order valence-electron chi connectivity index (χ2n) is 7.72. The van der Waals surface area contributed by atoms with Gasteiger partial charge in [-0.2, -0.15) is 4.31 Å². The summed E-state index contributed by atoms with van der Waals surface area (Å²) < 4.78 is 32.5. The Morgan fingerprint density at radius 3 is 2.61 bits per heavy atom. The van der Waals surface area contributed by atoms with Crippen LogP contribution in [-0.4, -0.2) is 55.7 Å². The minimum absolute atomic E-state index is 0.0746. The Kier molecular flexibility index (Phi) is 6.29. The number of nitrogens with zero attached hydrogens (tertiary/aromatic N) is 3. The number of piperidine rings is 1. The Balaban J connectivity index is 1.51. The summed E-state index contributed by atoms with van der Waals surface area (Å²) in [6, 6.07) is 9.73. The van der Waals surface area contributed by atoms with Gasteiger partial charge in [-0.25, -0.2) is 8.42 Å². The summed E-state index contributed by atoms with van der Waals surface area (Å²) in [5, 5.41) is 13.7. The van der Waals surface area contributed by atoms with E-state index in [0.29, 0.717) is 13.1 Å². The molecule has 1 saturated heterocycles. The number of carbonyl (C=O) groups excluding carboxylic acids is 2. The highest BCUT2D eigenvalue weighted by Crippen LogP contribution is 2.35. The van der Waals surface area contributed by atoms with E-state index in [2.05, 4.69) is 5.32 Å². The molecule has 1 N–H and O–H groups in total. The fourth-order valence-electron chi connectivity index (χ4n) is 3.81. The maximum Gasteiger partial charge on any atom is 0.271 e. The molecule has 0 radical (unpaired) electrons. The average Bonchev–Trinajstić information content (AvgIpc) is 2.81. The first-order chi connectivity index (χ1) is 15.8. The molecule has 33 heavy (non-hydrogen) atoms. The first-order valence-corrected chi connectivity index (χ1v) is 11.8. The Morgan fingerprint density at radius 1 is 1.12 bits per heavy atom. The number of ether oxygens (including phenoxy) is 1. The van der Waals surface area contributed by atoms with Crippen molar-refractivity contribution in [3.05, 3.63) is 52.6 Å². The van der Waals surface area contributed by atoms with Gasteiger partial charge in [0, 0.05) is 30.9 Å². The summed E-state index contributed by atoms with van der Waals surface area (Å²) >= 11 is 0. The van der Waals surface area contributed by atoms with Crippen molar-refractivity contribution in [1.29, 1.82) is 0 Å². The third-order valence-corrected chi connectivity index (χ3v) is 7.36. The average molecular weight is 474 g/mol. The van der Waals surface area contributed by atoms with Crippen LogP contribution in [0, 0.1) is 10.1 Å². The monoisotopic (exact) mass is 474 g/mol. The standard InChI is InChI=1S/C21H22N4O7S/c26-20(13-24-18-12-16(25(28)29)7-8-19(18)32-14-21(24)27)22-15-5-4-6-17(11-15)33(30,31)23-9-2-1-3-10-23/h4-8,11-12H,1-3,9-10,13-14H2,(H,22,26). The molecule has 11 nitrogen and oxygen atoms in total. The molecule has 1 fully saturated rings. The normalized spacial score (nSPS) is 16.6. The van der Waals surface area contributed by atoms with Gasteiger partial charge in [0.2, 0.25) is 15.9 Å². The van der Waals surface area contributed by atoms with Crippen LogP contribution in [0.3, 0.4) is 0 Å².